The van der Waals surface area contributed by atoms with Crippen molar-refractivity contribution >= 4 is 27.0 Å². The second-order valence-corrected chi connectivity index (χ2v) is 10.7. The van der Waals surface area contributed by atoms with Gasteiger partial charge in [0.2, 0.25) is 0 Å². The molecule has 0 aromatic rings. The summed E-state index contributed by atoms with van der Waals surface area (Å²) in [5, 5.41) is 15.2. The Labute approximate surface area is 134 Å². The summed E-state index contributed by atoms with van der Waals surface area (Å²) >= 11 is 5.41. The van der Waals surface area contributed by atoms with E-state index in [0.717, 1.165) is 0 Å². The van der Waals surface area contributed by atoms with Crippen molar-refractivity contribution in [1.82, 2.24) is 0 Å². The van der Waals surface area contributed by atoms with Crippen LogP contribution < -0.4 is 12.4 Å². The van der Waals surface area contributed by atoms with Gasteiger partial charge in [-0.05, 0) is 0 Å². The van der Waals surface area contributed by atoms with Crippen molar-refractivity contribution in [2.24, 2.45) is 0 Å². The maximum Gasteiger partial charge on any atom is 0.469 e. The third-order valence-electron chi connectivity index (χ3n) is 1.12. The molecule has 4 N–H and O–H groups in total. The van der Waals surface area contributed by atoms with Crippen LogP contribution in [0.3, 0.4) is 0 Å². The Morgan fingerprint density at radius 3 is 1.60 bits per heavy atom. The summed E-state index contributed by atoms with van der Waals surface area (Å²) in [5.74, 6) is 0. The molecule has 0 amide bonds. The first-order valence-electron chi connectivity index (χ1n) is 5.72. The molecule has 0 radical (unpaired) electrons. The zero-order valence-corrected chi connectivity index (χ0v) is 16.2. The number of hydrogen-bond acceptors (Lipinski definition) is 4. The standard InChI is InChI=1S/C5H14NO4P.C2H7ClSi.C2H6O2.ClH/c1-6(2,3)4-5-10-11(7,8)9;1-4(2)3;3-1-2-4;/h4-5H2,1-3H3,(H-,7,8,9);4H,1-2H3;3-4H,1-2H2;1H. The van der Waals surface area contributed by atoms with Gasteiger partial charge in [0.15, 0.2) is 0 Å². The molecule has 0 unspecified atom stereocenters. The van der Waals surface area contributed by atoms with Gasteiger partial charge >= 0.3 is 7.82 Å². The van der Waals surface area contributed by atoms with Gasteiger partial charge in [0.25, 0.3) is 0 Å². The number of phosphoric ester groups is 1. The summed E-state index contributed by atoms with van der Waals surface area (Å²) in [7, 11) is 0.831. The largest absolute Gasteiger partial charge is 1.00 e. The van der Waals surface area contributed by atoms with Crippen LogP contribution in [0.25, 0.3) is 0 Å². The number of quaternary nitrogens is 1. The first kappa shape index (κ1) is 28.9. The lowest BCUT2D eigenvalue weighted by Crippen LogP contribution is -3.00. The summed E-state index contributed by atoms with van der Waals surface area (Å²) in [5.41, 5.74) is 0. The van der Waals surface area contributed by atoms with Crippen molar-refractivity contribution in [2.75, 3.05) is 47.5 Å². The fourth-order valence-corrected chi connectivity index (χ4v) is 0.753. The minimum Gasteiger partial charge on any atom is -1.00 e. The Hall–Kier alpha value is 0.787. The third kappa shape index (κ3) is 62.1. The topological polar surface area (TPSA) is 107 Å². The molecule has 0 aliphatic heterocycles. The van der Waals surface area contributed by atoms with Gasteiger partial charge < -0.3 is 36.9 Å². The van der Waals surface area contributed by atoms with E-state index in [1.54, 1.807) is 0 Å². The summed E-state index contributed by atoms with van der Waals surface area (Å²) in [6.07, 6.45) is 0. The van der Waals surface area contributed by atoms with Gasteiger partial charge in [-0.1, -0.05) is 13.1 Å². The van der Waals surface area contributed by atoms with E-state index in [1.807, 2.05) is 21.1 Å². The van der Waals surface area contributed by atoms with Gasteiger partial charge in [0.05, 0.1) is 34.4 Å². The summed E-state index contributed by atoms with van der Waals surface area (Å²) in [6, 6.07) is 0. The third-order valence-corrected chi connectivity index (χ3v) is 1.64. The zero-order chi connectivity index (χ0) is 16.1. The van der Waals surface area contributed by atoms with Crippen LogP contribution in [-0.2, 0) is 9.09 Å². The normalized spacial score (nSPS) is 10.8. The molecule has 0 aromatic carbocycles. The number of phosphoric acid groups is 1. The Morgan fingerprint density at radius 1 is 1.15 bits per heavy atom. The Morgan fingerprint density at radius 2 is 1.45 bits per heavy atom. The number of halogens is 2. The lowest BCUT2D eigenvalue weighted by molar-refractivity contribution is -0.870. The molecule has 20 heavy (non-hydrogen) atoms. The van der Waals surface area contributed by atoms with Crippen LogP contribution in [0.4, 0.5) is 0 Å². The van der Waals surface area contributed by atoms with E-state index in [2.05, 4.69) is 17.6 Å². The van der Waals surface area contributed by atoms with Gasteiger partial charge in [0.1, 0.15) is 21.3 Å². The molecule has 11 heteroatoms. The highest BCUT2D eigenvalue weighted by molar-refractivity contribution is 7.46. The van der Waals surface area contributed by atoms with Crippen LogP contribution in [0.1, 0.15) is 0 Å². The van der Waals surface area contributed by atoms with E-state index < -0.39 is 15.9 Å². The molecule has 0 saturated heterocycles. The fraction of sp³-hybridized carbons (Fsp3) is 1.00. The van der Waals surface area contributed by atoms with Gasteiger partial charge in [-0.3, -0.25) is 4.52 Å². The van der Waals surface area contributed by atoms with E-state index >= 15 is 0 Å². The second kappa shape index (κ2) is 16.2. The highest BCUT2D eigenvalue weighted by atomic mass is 35.6. The van der Waals surface area contributed by atoms with Gasteiger partial charge in [0, 0.05) is 0 Å². The highest BCUT2D eigenvalue weighted by Crippen LogP contribution is 2.35. The van der Waals surface area contributed by atoms with Crippen LogP contribution in [0.15, 0.2) is 0 Å². The maximum absolute atomic E-state index is 10.2. The Bertz CT molecular complexity index is 232. The van der Waals surface area contributed by atoms with Crippen molar-refractivity contribution in [3.8, 4) is 0 Å². The first-order valence-corrected chi connectivity index (χ1v) is 11.3. The molecule has 0 heterocycles. The van der Waals surface area contributed by atoms with Gasteiger partial charge in [-0.15, -0.1) is 0 Å². The minimum atomic E-state index is -4.26. The summed E-state index contributed by atoms with van der Waals surface area (Å²) in [4.78, 5) is 16.6. The second-order valence-electron chi connectivity index (χ2n) is 4.80. The number of hydrogen-bond donors (Lipinski definition) is 4. The fourth-order valence-electron chi connectivity index (χ4n) is 0.434. The Balaban J connectivity index is -0.000000119. The van der Waals surface area contributed by atoms with Crippen molar-refractivity contribution in [1.29, 1.82) is 0 Å². The van der Waals surface area contributed by atoms with Gasteiger partial charge in [-0.2, -0.15) is 11.1 Å². The van der Waals surface area contributed by atoms with Crippen molar-refractivity contribution in [3.05, 3.63) is 0 Å². The molecule has 0 aliphatic carbocycles. The molecule has 0 spiro atoms. The molecule has 0 saturated carbocycles. The molecule has 7 nitrogen and oxygen atoms in total. The molecule has 0 rings (SSSR count). The number of rotatable bonds is 5. The zero-order valence-electron chi connectivity index (χ0n) is 12.7. The van der Waals surface area contributed by atoms with Crippen molar-refractivity contribution in [3.63, 3.8) is 0 Å². The van der Waals surface area contributed by atoms with Crippen LogP contribution in [0, 0.1) is 0 Å². The van der Waals surface area contributed by atoms with Crippen LogP contribution in [-0.4, -0.2) is 80.1 Å². The highest BCUT2D eigenvalue weighted by Gasteiger charge is 2.15. The number of aliphatic hydroxyl groups excluding tert-OH is 2. The Kier molecular flexibility index (Phi) is 23.3. The van der Waals surface area contributed by atoms with Crippen molar-refractivity contribution in [2.45, 2.75) is 13.1 Å². The molecule has 0 atom stereocenters. The summed E-state index contributed by atoms with van der Waals surface area (Å²) < 4.78 is 15.1. The minimum absolute atomic E-state index is 0. The summed E-state index contributed by atoms with van der Waals surface area (Å²) in [6.45, 7) is 4.54. The van der Waals surface area contributed by atoms with E-state index in [-0.39, 0.29) is 32.2 Å². The van der Waals surface area contributed by atoms with E-state index in [4.69, 9.17) is 31.1 Å². The van der Waals surface area contributed by atoms with E-state index in [0.29, 0.717) is 11.0 Å². The lowest BCUT2D eigenvalue weighted by Gasteiger charge is -2.23. The molecule has 0 fully saturated rings. The molecule has 0 bridgehead atoms. The predicted molar refractivity (Wildman–Crippen MR) is 79.8 cm³/mol. The monoisotopic (exact) mass is 375 g/mol. The van der Waals surface area contributed by atoms with Crippen LogP contribution in [0.5, 0.6) is 0 Å². The quantitative estimate of drug-likeness (QED) is 0.176. The van der Waals surface area contributed by atoms with E-state index in [9.17, 15) is 4.57 Å². The van der Waals surface area contributed by atoms with Crippen LogP contribution in [0.2, 0.25) is 13.1 Å². The number of likely N-dealkylation sites (N-methyl/N-ethyl adjacent to an activating group) is 1. The average Bonchev–Trinajstić information content (AvgIpc) is 2.13. The number of aliphatic hydroxyl groups is 2. The number of nitrogens with zero attached hydrogens (tertiary/aromatic N) is 1. The average molecular weight is 376 g/mol. The first-order chi connectivity index (χ1) is 8.35. The van der Waals surface area contributed by atoms with Crippen LogP contribution >= 0.6 is 18.9 Å². The maximum atomic E-state index is 10.2. The smallest absolute Gasteiger partial charge is 0.469 e. The van der Waals surface area contributed by atoms with Crippen molar-refractivity contribution < 1.29 is 46.0 Å². The molecule has 0 aromatic heterocycles. The lowest BCUT2D eigenvalue weighted by atomic mass is 10.5. The SMILES string of the molecule is C[N+](C)(C)CCOP(=O)(O)O.C[SiH](C)Cl.OCCO.[Cl-]. The predicted octanol–water partition coefficient (Wildman–Crippen LogP) is -3.01. The molecule has 0 aliphatic rings. The van der Waals surface area contributed by atoms with Gasteiger partial charge in [-0.25, -0.2) is 4.57 Å². The molecular formula is C9H28Cl2NO6PSi. The van der Waals surface area contributed by atoms with E-state index in [1.165, 1.54) is 0 Å². The molecular weight excluding hydrogens is 348 g/mol. The molecule has 128 valence electrons.